The van der Waals surface area contributed by atoms with Crippen LogP contribution in [0, 0.1) is 0 Å². The molecule has 0 aliphatic carbocycles. The van der Waals surface area contributed by atoms with Gasteiger partial charge in [-0.05, 0) is 12.8 Å². The third-order valence-electron chi connectivity index (χ3n) is 1.70. The second-order valence-electron chi connectivity index (χ2n) is 2.87. The van der Waals surface area contributed by atoms with Crippen LogP contribution in [0.5, 0.6) is 0 Å². The summed E-state index contributed by atoms with van der Waals surface area (Å²) in [5, 5.41) is 9.44. The van der Waals surface area contributed by atoms with Gasteiger partial charge in [0.1, 0.15) is 0 Å². The van der Waals surface area contributed by atoms with Gasteiger partial charge >= 0.3 is 0 Å². The third-order valence-corrected chi connectivity index (χ3v) is 2.18. The van der Waals surface area contributed by atoms with Crippen molar-refractivity contribution in [2.24, 2.45) is 0 Å². The van der Waals surface area contributed by atoms with Gasteiger partial charge in [-0.3, -0.25) is 0 Å². The lowest BCUT2D eigenvalue weighted by molar-refractivity contribution is 0.227. The number of unbranched alkanes of at least 4 members (excludes halogenated alkanes) is 1. The SMILES string of the molecule is CCCCC(O)C(=S)CCC. The van der Waals surface area contributed by atoms with Gasteiger partial charge in [-0.15, -0.1) is 0 Å². The molecule has 11 heavy (non-hydrogen) atoms. The summed E-state index contributed by atoms with van der Waals surface area (Å²) in [6.45, 7) is 4.20. The molecule has 0 bridgehead atoms. The quantitative estimate of drug-likeness (QED) is 0.625. The molecule has 66 valence electrons. The van der Waals surface area contributed by atoms with Crippen LogP contribution in [0.2, 0.25) is 0 Å². The van der Waals surface area contributed by atoms with Crippen molar-refractivity contribution < 1.29 is 5.11 Å². The van der Waals surface area contributed by atoms with Gasteiger partial charge < -0.3 is 5.11 Å². The summed E-state index contributed by atoms with van der Waals surface area (Å²) in [5.41, 5.74) is 0. The van der Waals surface area contributed by atoms with E-state index >= 15 is 0 Å². The molecule has 0 amide bonds. The minimum absolute atomic E-state index is 0.329. The van der Waals surface area contributed by atoms with E-state index in [1.807, 2.05) is 0 Å². The Labute approximate surface area is 74.8 Å². The molecule has 1 N–H and O–H groups in total. The highest BCUT2D eigenvalue weighted by atomic mass is 32.1. The largest absolute Gasteiger partial charge is 0.388 e. The van der Waals surface area contributed by atoms with E-state index in [9.17, 15) is 5.11 Å². The van der Waals surface area contributed by atoms with Gasteiger partial charge in [-0.25, -0.2) is 0 Å². The van der Waals surface area contributed by atoms with Crippen LogP contribution in [0.3, 0.4) is 0 Å². The zero-order valence-electron chi connectivity index (χ0n) is 7.47. The molecule has 0 radical (unpaired) electrons. The van der Waals surface area contributed by atoms with Crippen LogP contribution in [-0.4, -0.2) is 16.1 Å². The molecule has 0 aromatic rings. The Morgan fingerprint density at radius 1 is 1.36 bits per heavy atom. The van der Waals surface area contributed by atoms with Crippen molar-refractivity contribution in [2.75, 3.05) is 0 Å². The van der Waals surface area contributed by atoms with Gasteiger partial charge in [0.15, 0.2) is 0 Å². The fourth-order valence-corrected chi connectivity index (χ4v) is 1.29. The molecular weight excluding hydrogens is 156 g/mol. The molecule has 1 atom stereocenters. The van der Waals surface area contributed by atoms with Crippen LogP contribution in [0.15, 0.2) is 0 Å². The summed E-state index contributed by atoms with van der Waals surface area (Å²) in [7, 11) is 0. The van der Waals surface area contributed by atoms with Crippen molar-refractivity contribution in [1.82, 2.24) is 0 Å². The number of thiocarbonyl (C=S) groups is 1. The summed E-state index contributed by atoms with van der Waals surface area (Å²) in [4.78, 5) is 0.834. The normalized spacial score (nSPS) is 13.0. The van der Waals surface area contributed by atoms with E-state index in [1.54, 1.807) is 0 Å². The maximum atomic E-state index is 9.44. The van der Waals surface area contributed by atoms with Gasteiger partial charge in [0, 0.05) is 4.86 Å². The Hall–Kier alpha value is 0.0500. The molecule has 2 heteroatoms. The van der Waals surface area contributed by atoms with Crippen molar-refractivity contribution in [3.63, 3.8) is 0 Å². The first kappa shape index (κ1) is 11.1. The zero-order valence-corrected chi connectivity index (χ0v) is 8.28. The van der Waals surface area contributed by atoms with E-state index in [0.717, 1.165) is 37.0 Å². The Kier molecular flexibility index (Phi) is 6.77. The fourth-order valence-electron chi connectivity index (χ4n) is 0.971. The molecule has 0 fully saturated rings. The van der Waals surface area contributed by atoms with Gasteiger partial charge in [0.25, 0.3) is 0 Å². The second kappa shape index (κ2) is 6.74. The highest BCUT2D eigenvalue weighted by molar-refractivity contribution is 7.80. The van der Waals surface area contributed by atoms with Crippen LogP contribution < -0.4 is 0 Å². The van der Waals surface area contributed by atoms with Gasteiger partial charge in [-0.1, -0.05) is 45.3 Å². The number of hydrogen-bond acceptors (Lipinski definition) is 2. The number of hydrogen-bond donors (Lipinski definition) is 1. The maximum absolute atomic E-state index is 9.44. The van der Waals surface area contributed by atoms with Crippen molar-refractivity contribution in [3.05, 3.63) is 0 Å². The van der Waals surface area contributed by atoms with E-state index in [2.05, 4.69) is 13.8 Å². The van der Waals surface area contributed by atoms with Crippen LogP contribution >= 0.6 is 12.2 Å². The van der Waals surface area contributed by atoms with Gasteiger partial charge in [0.05, 0.1) is 6.10 Å². The first-order valence-electron chi connectivity index (χ1n) is 4.43. The Bertz CT molecular complexity index is 112. The van der Waals surface area contributed by atoms with Crippen LogP contribution in [-0.2, 0) is 0 Å². The standard InChI is InChI=1S/C9H18OS/c1-3-5-7-8(10)9(11)6-4-2/h8,10H,3-7H2,1-2H3. The molecule has 0 aliphatic heterocycles. The molecule has 1 unspecified atom stereocenters. The summed E-state index contributed by atoms with van der Waals surface area (Å²) in [6.07, 6.45) is 4.65. The van der Waals surface area contributed by atoms with E-state index in [-0.39, 0.29) is 6.10 Å². The van der Waals surface area contributed by atoms with Crippen molar-refractivity contribution in [2.45, 2.75) is 52.1 Å². The molecule has 0 aromatic heterocycles. The maximum Gasteiger partial charge on any atom is 0.0852 e. The summed E-state index contributed by atoms with van der Waals surface area (Å²) in [5.74, 6) is 0. The van der Waals surface area contributed by atoms with Crippen molar-refractivity contribution in [1.29, 1.82) is 0 Å². The lowest BCUT2D eigenvalue weighted by Crippen LogP contribution is -2.17. The lowest BCUT2D eigenvalue weighted by Gasteiger charge is -2.09. The van der Waals surface area contributed by atoms with Crippen LogP contribution in [0.1, 0.15) is 46.0 Å². The molecule has 0 aromatic carbocycles. The predicted molar refractivity (Wildman–Crippen MR) is 53.0 cm³/mol. The summed E-state index contributed by atoms with van der Waals surface area (Å²) < 4.78 is 0. The molecule has 0 saturated heterocycles. The van der Waals surface area contributed by atoms with E-state index in [4.69, 9.17) is 12.2 Å². The Balaban J connectivity index is 3.46. The van der Waals surface area contributed by atoms with Crippen LogP contribution in [0.4, 0.5) is 0 Å². The van der Waals surface area contributed by atoms with Crippen LogP contribution in [0.25, 0.3) is 0 Å². The monoisotopic (exact) mass is 174 g/mol. The van der Waals surface area contributed by atoms with Crippen molar-refractivity contribution >= 4 is 17.1 Å². The molecular formula is C9H18OS. The van der Waals surface area contributed by atoms with E-state index in [1.165, 1.54) is 0 Å². The molecule has 1 nitrogen and oxygen atoms in total. The predicted octanol–water partition coefficient (Wildman–Crippen LogP) is 2.71. The first-order valence-corrected chi connectivity index (χ1v) is 4.84. The molecule has 0 rings (SSSR count). The Morgan fingerprint density at radius 3 is 2.45 bits per heavy atom. The minimum Gasteiger partial charge on any atom is -0.388 e. The third kappa shape index (κ3) is 5.33. The molecule has 0 aliphatic rings. The molecule has 0 spiro atoms. The van der Waals surface area contributed by atoms with E-state index < -0.39 is 0 Å². The highest BCUT2D eigenvalue weighted by Crippen LogP contribution is 2.06. The topological polar surface area (TPSA) is 20.2 Å². The first-order chi connectivity index (χ1) is 5.22. The number of aliphatic hydroxyl groups excluding tert-OH is 1. The molecule has 0 heterocycles. The fraction of sp³-hybridized carbons (Fsp3) is 0.889. The average Bonchev–Trinajstić information content (AvgIpc) is 2.00. The average molecular weight is 174 g/mol. The zero-order chi connectivity index (χ0) is 8.69. The second-order valence-corrected chi connectivity index (χ2v) is 3.40. The number of rotatable bonds is 6. The number of aliphatic hydroxyl groups is 1. The summed E-state index contributed by atoms with van der Waals surface area (Å²) in [6, 6.07) is 0. The van der Waals surface area contributed by atoms with Gasteiger partial charge in [-0.2, -0.15) is 0 Å². The Morgan fingerprint density at radius 2 is 2.00 bits per heavy atom. The minimum atomic E-state index is -0.329. The van der Waals surface area contributed by atoms with E-state index in [0.29, 0.717) is 0 Å². The lowest BCUT2D eigenvalue weighted by atomic mass is 10.1. The smallest absolute Gasteiger partial charge is 0.0852 e. The van der Waals surface area contributed by atoms with Gasteiger partial charge in [0.2, 0.25) is 0 Å². The van der Waals surface area contributed by atoms with Crippen molar-refractivity contribution in [3.8, 4) is 0 Å². The molecule has 0 saturated carbocycles. The summed E-state index contributed by atoms with van der Waals surface area (Å²) >= 11 is 5.04. The highest BCUT2D eigenvalue weighted by Gasteiger charge is 2.07.